The first-order valence-corrected chi connectivity index (χ1v) is 10.00. The first-order valence-electron chi connectivity index (χ1n) is 6.71. The zero-order valence-corrected chi connectivity index (χ0v) is 15.2. The van der Waals surface area contributed by atoms with Crippen molar-refractivity contribution >= 4 is 44.6 Å². The molecule has 1 N–H and O–H groups in total. The number of hydrogen-bond donors (Lipinski definition) is 1. The van der Waals surface area contributed by atoms with Crippen LogP contribution in [0.4, 0.5) is 0 Å². The number of sulfonamides is 1. The Balaban J connectivity index is 1.67. The SMILES string of the molecule is O=S(=O)(Cc1c(Cl)cccc1Cl)NCc1nc(-c2cccs2)no1. The molecular weight excluding hydrogens is 393 g/mol. The highest BCUT2D eigenvalue weighted by molar-refractivity contribution is 7.88. The fraction of sp³-hybridized carbons (Fsp3) is 0.143. The van der Waals surface area contributed by atoms with Gasteiger partial charge in [-0.05, 0) is 23.6 Å². The van der Waals surface area contributed by atoms with Crippen molar-refractivity contribution in [1.29, 1.82) is 0 Å². The smallest absolute Gasteiger partial charge is 0.242 e. The zero-order chi connectivity index (χ0) is 17.2. The molecule has 0 aliphatic rings. The molecule has 0 spiro atoms. The average Bonchev–Trinajstić information content (AvgIpc) is 3.20. The maximum atomic E-state index is 12.2. The van der Waals surface area contributed by atoms with E-state index < -0.39 is 10.0 Å². The van der Waals surface area contributed by atoms with Crippen LogP contribution in [0.25, 0.3) is 10.7 Å². The molecule has 0 aliphatic heterocycles. The van der Waals surface area contributed by atoms with E-state index in [2.05, 4.69) is 14.9 Å². The number of benzene rings is 1. The predicted octanol–water partition coefficient (Wildman–Crippen LogP) is 3.72. The molecule has 2 heterocycles. The highest BCUT2D eigenvalue weighted by Crippen LogP contribution is 2.26. The van der Waals surface area contributed by atoms with Crippen molar-refractivity contribution in [2.24, 2.45) is 0 Å². The number of thiophene rings is 1. The van der Waals surface area contributed by atoms with Gasteiger partial charge in [0.15, 0.2) is 0 Å². The van der Waals surface area contributed by atoms with E-state index in [1.54, 1.807) is 18.2 Å². The number of halogens is 2. The summed E-state index contributed by atoms with van der Waals surface area (Å²) in [4.78, 5) is 4.99. The third-order valence-electron chi connectivity index (χ3n) is 3.05. The van der Waals surface area contributed by atoms with Crippen LogP contribution in [0.15, 0.2) is 40.2 Å². The molecular formula is C14H11Cl2N3O3S2. The van der Waals surface area contributed by atoms with Gasteiger partial charge < -0.3 is 4.52 Å². The summed E-state index contributed by atoms with van der Waals surface area (Å²) < 4.78 is 31.8. The summed E-state index contributed by atoms with van der Waals surface area (Å²) in [6.45, 7) is -0.108. The van der Waals surface area contributed by atoms with E-state index in [9.17, 15) is 8.42 Å². The van der Waals surface area contributed by atoms with Gasteiger partial charge >= 0.3 is 0 Å². The van der Waals surface area contributed by atoms with Gasteiger partial charge in [-0.15, -0.1) is 11.3 Å². The van der Waals surface area contributed by atoms with Crippen molar-refractivity contribution in [2.75, 3.05) is 0 Å². The van der Waals surface area contributed by atoms with E-state index in [1.807, 2.05) is 17.5 Å². The van der Waals surface area contributed by atoms with Crippen molar-refractivity contribution in [3.8, 4) is 10.7 Å². The van der Waals surface area contributed by atoms with Gasteiger partial charge in [0.05, 0.1) is 17.2 Å². The largest absolute Gasteiger partial charge is 0.337 e. The number of aromatic nitrogens is 2. The summed E-state index contributed by atoms with van der Waals surface area (Å²) in [7, 11) is -3.67. The van der Waals surface area contributed by atoms with Crippen LogP contribution >= 0.6 is 34.5 Å². The molecule has 126 valence electrons. The van der Waals surface area contributed by atoms with E-state index in [0.29, 0.717) is 21.4 Å². The Morgan fingerprint density at radius 3 is 2.58 bits per heavy atom. The Morgan fingerprint density at radius 1 is 1.17 bits per heavy atom. The van der Waals surface area contributed by atoms with Crippen LogP contribution in [0, 0.1) is 0 Å². The van der Waals surface area contributed by atoms with E-state index in [-0.39, 0.29) is 18.2 Å². The van der Waals surface area contributed by atoms with Crippen LogP contribution in [0.5, 0.6) is 0 Å². The number of nitrogens with zero attached hydrogens (tertiary/aromatic N) is 2. The van der Waals surface area contributed by atoms with Crippen molar-refractivity contribution in [2.45, 2.75) is 12.3 Å². The van der Waals surface area contributed by atoms with Gasteiger partial charge in [0.2, 0.25) is 21.7 Å². The molecule has 1 aromatic carbocycles. The van der Waals surface area contributed by atoms with Gasteiger partial charge in [-0.3, -0.25) is 0 Å². The fourth-order valence-electron chi connectivity index (χ4n) is 1.92. The van der Waals surface area contributed by atoms with Crippen LogP contribution < -0.4 is 4.72 Å². The van der Waals surface area contributed by atoms with Crippen LogP contribution in [0.2, 0.25) is 10.0 Å². The van der Waals surface area contributed by atoms with Crippen molar-refractivity contribution in [3.05, 3.63) is 57.2 Å². The van der Waals surface area contributed by atoms with E-state index >= 15 is 0 Å². The third-order valence-corrected chi connectivity index (χ3v) is 5.88. The Labute approximate surface area is 152 Å². The molecule has 0 saturated heterocycles. The monoisotopic (exact) mass is 403 g/mol. The lowest BCUT2D eigenvalue weighted by Crippen LogP contribution is -2.25. The Bertz CT molecular complexity index is 920. The lowest BCUT2D eigenvalue weighted by Gasteiger charge is -2.08. The molecule has 2 aromatic heterocycles. The number of rotatable bonds is 6. The Morgan fingerprint density at radius 2 is 1.92 bits per heavy atom. The van der Waals surface area contributed by atoms with Gasteiger partial charge in [0.1, 0.15) is 0 Å². The third kappa shape index (κ3) is 4.14. The van der Waals surface area contributed by atoms with Crippen LogP contribution in [-0.4, -0.2) is 18.6 Å². The maximum Gasteiger partial charge on any atom is 0.242 e. The molecule has 3 aromatic rings. The summed E-state index contributed by atoms with van der Waals surface area (Å²) in [5, 5.41) is 6.30. The molecule has 0 unspecified atom stereocenters. The molecule has 3 rings (SSSR count). The Kier molecular flexibility index (Phi) is 5.21. The van der Waals surface area contributed by atoms with E-state index in [1.165, 1.54) is 11.3 Å². The number of hydrogen-bond acceptors (Lipinski definition) is 6. The molecule has 0 saturated carbocycles. The molecule has 0 bridgehead atoms. The molecule has 0 aliphatic carbocycles. The van der Waals surface area contributed by atoms with Crippen LogP contribution in [0.3, 0.4) is 0 Å². The molecule has 0 atom stereocenters. The van der Waals surface area contributed by atoms with Gasteiger partial charge in [0.25, 0.3) is 0 Å². The maximum absolute atomic E-state index is 12.2. The zero-order valence-electron chi connectivity index (χ0n) is 12.1. The Hall–Kier alpha value is -1.45. The predicted molar refractivity (Wildman–Crippen MR) is 93.5 cm³/mol. The molecule has 0 radical (unpaired) electrons. The topological polar surface area (TPSA) is 85.1 Å². The second-order valence-corrected chi connectivity index (χ2v) is 8.34. The van der Waals surface area contributed by atoms with Gasteiger partial charge in [-0.25, -0.2) is 13.1 Å². The first-order chi connectivity index (χ1) is 11.4. The highest BCUT2D eigenvalue weighted by Gasteiger charge is 2.18. The lowest BCUT2D eigenvalue weighted by molar-refractivity contribution is 0.376. The quantitative estimate of drug-likeness (QED) is 0.677. The average molecular weight is 404 g/mol. The molecule has 6 nitrogen and oxygen atoms in total. The van der Waals surface area contributed by atoms with Crippen molar-refractivity contribution in [3.63, 3.8) is 0 Å². The molecule has 0 amide bonds. The minimum absolute atomic E-state index is 0.108. The number of nitrogens with one attached hydrogen (secondary N) is 1. The van der Waals surface area contributed by atoms with Gasteiger partial charge in [0, 0.05) is 15.6 Å². The van der Waals surface area contributed by atoms with Crippen molar-refractivity contribution in [1.82, 2.24) is 14.9 Å². The molecule has 10 heteroatoms. The summed E-state index contributed by atoms with van der Waals surface area (Å²) >= 11 is 13.5. The molecule has 24 heavy (non-hydrogen) atoms. The van der Waals surface area contributed by atoms with Gasteiger partial charge in [-0.1, -0.05) is 40.5 Å². The second-order valence-electron chi connectivity index (χ2n) is 4.77. The summed E-state index contributed by atoms with van der Waals surface area (Å²) in [5.41, 5.74) is 0.345. The summed E-state index contributed by atoms with van der Waals surface area (Å²) in [6, 6.07) is 8.54. The summed E-state index contributed by atoms with van der Waals surface area (Å²) in [6.07, 6.45) is 0. The first kappa shape index (κ1) is 17.4. The minimum Gasteiger partial charge on any atom is -0.337 e. The van der Waals surface area contributed by atoms with E-state index in [4.69, 9.17) is 27.7 Å². The summed E-state index contributed by atoms with van der Waals surface area (Å²) in [5.74, 6) is 0.262. The van der Waals surface area contributed by atoms with Crippen molar-refractivity contribution < 1.29 is 12.9 Å². The van der Waals surface area contributed by atoms with Crippen LogP contribution in [-0.2, 0) is 22.3 Å². The standard InChI is InChI=1S/C14H11Cl2N3O3S2/c15-10-3-1-4-11(16)9(10)8-24(20,21)17-7-13-18-14(19-22-13)12-5-2-6-23-12/h1-6,17H,7-8H2. The van der Waals surface area contributed by atoms with E-state index in [0.717, 1.165) is 4.88 Å². The highest BCUT2D eigenvalue weighted by atomic mass is 35.5. The lowest BCUT2D eigenvalue weighted by atomic mass is 10.2. The fourth-order valence-corrected chi connectivity index (χ4v) is 4.39. The normalized spacial score (nSPS) is 11.8. The van der Waals surface area contributed by atoms with Gasteiger partial charge in [-0.2, -0.15) is 4.98 Å². The minimum atomic E-state index is -3.67. The van der Waals surface area contributed by atoms with Crippen LogP contribution in [0.1, 0.15) is 11.5 Å². The molecule has 0 fully saturated rings. The second kappa shape index (κ2) is 7.20.